The minimum atomic E-state index is -0.713. The van der Waals surface area contributed by atoms with Crippen LogP contribution >= 0.6 is 0 Å². The molecular formula is C11H19NO3. The van der Waals surface area contributed by atoms with Gasteiger partial charge in [-0.25, -0.2) is 0 Å². The maximum atomic E-state index is 10.5. The molecule has 1 aliphatic heterocycles. The van der Waals surface area contributed by atoms with Crippen molar-refractivity contribution in [2.75, 3.05) is 19.6 Å². The molecule has 1 fully saturated rings. The number of carboxylic acid groups (broad SMARTS) is 1. The molecule has 0 amide bonds. The standard InChI is InChI=1S/C11H19NO3/c13-9-10-4-7-12(8-5-10)6-2-1-3-11(14)15/h9-10H,1-8H2,(H,14,15). The third-order valence-corrected chi connectivity index (χ3v) is 2.94. The van der Waals surface area contributed by atoms with Crippen LogP contribution in [0, 0.1) is 5.92 Å². The van der Waals surface area contributed by atoms with E-state index in [9.17, 15) is 9.59 Å². The first-order valence-corrected chi connectivity index (χ1v) is 5.62. The summed E-state index contributed by atoms with van der Waals surface area (Å²) in [5.41, 5.74) is 0. The Labute approximate surface area is 90.3 Å². The molecule has 0 aliphatic carbocycles. The van der Waals surface area contributed by atoms with Crippen LogP contribution in [0.2, 0.25) is 0 Å². The van der Waals surface area contributed by atoms with Crippen molar-refractivity contribution < 1.29 is 14.7 Å². The fourth-order valence-electron chi connectivity index (χ4n) is 1.92. The molecule has 4 heteroatoms. The van der Waals surface area contributed by atoms with E-state index in [2.05, 4.69) is 4.90 Å². The van der Waals surface area contributed by atoms with Crippen LogP contribution in [0.1, 0.15) is 32.1 Å². The van der Waals surface area contributed by atoms with E-state index in [1.54, 1.807) is 0 Å². The molecule has 0 aromatic carbocycles. The smallest absolute Gasteiger partial charge is 0.303 e. The summed E-state index contributed by atoms with van der Waals surface area (Å²) in [5, 5.41) is 8.46. The molecule has 1 saturated heterocycles. The fourth-order valence-corrected chi connectivity index (χ4v) is 1.92. The van der Waals surface area contributed by atoms with Crippen LogP contribution in [0.25, 0.3) is 0 Å². The molecule has 0 unspecified atom stereocenters. The van der Waals surface area contributed by atoms with Crippen molar-refractivity contribution in [3.8, 4) is 0 Å². The van der Waals surface area contributed by atoms with Crippen LogP contribution in [0.15, 0.2) is 0 Å². The molecule has 4 nitrogen and oxygen atoms in total. The number of likely N-dealkylation sites (tertiary alicyclic amines) is 1. The number of carbonyl (C=O) groups excluding carboxylic acids is 1. The maximum absolute atomic E-state index is 10.5. The van der Waals surface area contributed by atoms with Crippen molar-refractivity contribution in [2.45, 2.75) is 32.1 Å². The van der Waals surface area contributed by atoms with Gasteiger partial charge in [-0.05, 0) is 45.3 Å². The second-order valence-electron chi connectivity index (χ2n) is 4.17. The number of aliphatic carboxylic acids is 1. The predicted octanol–water partition coefficient (Wildman–Crippen LogP) is 1.15. The van der Waals surface area contributed by atoms with Crippen molar-refractivity contribution in [1.29, 1.82) is 0 Å². The van der Waals surface area contributed by atoms with E-state index >= 15 is 0 Å². The van der Waals surface area contributed by atoms with Crippen molar-refractivity contribution in [2.24, 2.45) is 5.92 Å². The number of aldehydes is 1. The largest absolute Gasteiger partial charge is 0.481 e. The SMILES string of the molecule is O=CC1CCN(CCCCC(=O)O)CC1. The number of hydrogen-bond acceptors (Lipinski definition) is 3. The first-order valence-electron chi connectivity index (χ1n) is 5.62. The highest BCUT2D eigenvalue weighted by Crippen LogP contribution is 2.15. The normalized spacial score (nSPS) is 18.9. The molecule has 1 aliphatic rings. The lowest BCUT2D eigenvalue weighted by Gasteiger charge is -2.29. The van der Waals surface area contributed by atoms with Gasteiger partial charge in [0.15, 0.2) is 0 Å². The first kappa shape index (κ1) is 12.2. The van der Waals surface area contributed by atoms with E-state index < -0.39 is 5.97 Å². The number of hydrogen-bond donors (Lipinski definition) is 1. The van der Waals surface area contributed by atoms with Crippen molar-refractivity contribution in [3.63, 3.8) is 0 Å². The van der Waals surface area contributed by atoms with Gasteiger partial charge in [-0.3, -0.25) is 4.79 Å². The molecule has 86 valence electrons. The second-order valence-corrected chi connectivity index (χ2v) is 4.17. The summed E-state index contributed by atoms with van der Waals surface area (Å²) in [7, 11) is 0. The molecule has 1 heterocycles. The highest BCUT2D eigenvalue weighted by molar-refractivity contribution is 5.66. The predicted molar refractivity (Wildman–Crippen MR) is 56.7 cm³/mol. The van der Waals surface area contributed by atoms with Crippen LogP contribution in [0.5, 0.6) is 0 Å². The lowest BCUT2D eigenvalue weighted by Crippen LogP contribution is -2.34. The minimum Gasteiger partial charge on any atom is -0.481 e. The van der Waals surface area contributed by atoms with Gasteiger partial charge in [0.2, 0.25) is 0 Å². The van der Waals surface area contributed by atoms with Gasteiger partial charge in [0.05, 0.1) is 0 Å². The molecule has 0 aromatic heterocycles. The summed E-state index contributed by atoms with van der Waals surface area (Å²) in [4.78, 5) is 23.1. The van der Waals surface area contributed by atoms with Crippen LogP contribution in [-0.4, -0.2) is 41.9 Å². The molecule has 0 atom stereocenters. The van der Waals surface area contributed by atoms with Gasteiger partial charge in [0.1, 0.15) is 6.29 Å². The van der Waals surface area contributed by atoms with Gasteiger partial charge in [-0.1, -0.05) is 0 Å². The van der Waals surface area contributed by atoms with Gasteiger partial charge < -0.3 is 14.8 Å². The third-order valence-electron chi connectivity index (χ3n) is 2.94. The molecule has 0 aromatic rings. The van der Waals surface area contributed by atoms with Crippen molar-refractivity contribution >= 4 is 12.3 Å². The zero-order valence-electron chi connectivity index (χ0n) is 9.02. The summed E-state index contributed by atoms with van der Waals surface area (Å²) >= 11 is 0. The summed E-state index contributed by atoms with van der Waals surface area (Å²) < 4.78 is 0. The number of rotatable bonds is 6. The second kappa shape index (κ2) is 6.56. The number of piperidine rings is 1. The topological polar surface area (TPSA) is 57.6 Å². The van der Waals surface area contributed by atoms with Crippen LogP contribution in [0.3, 0.4) is 0 Å². The van der Waals surface area contributed by atoms with Gasteiger partial charge in [0, 0.05) is 12.3 Å². The van der Waals surface area contributed by atoms with E-state index in [1.807, 2.05) is 0 Å². The zero-order valence-corrected chi connectivity index (χ0v) is 9.02. The van der Waals surface area contributed by atoms with Gasteiger partial charge in [0.25, 0.3) is 0 Å². The Morgan fingerprint density at radius 1 is 1.33 bits per heavy atom. The number of carboxylic acids is 1. The van der Waals surface area contributed by atoms with E-state index in [0.717, 1.165) is 51.6 Å². The fraction of sp³-hybridized carbons (Fsp3) is 0.818. The van der Waals surface area contributed by atoms with Gasteiger partial charge in [-0.2, -0.15) is 0 Å². The zero-order chi connectivity index (χ0) is 11.1. The van der Waals surface area contributed by atoms with E-state index in [1.165, 1.54) is 0 Å². The minimum absolute atomic E-state index is 0.250. The van der Waals surface area contributed by atoms with E-state index in [-0.39, 0.29) is 12.3 Å². The van der Waals surface area contributed by atoms with E-state index in [0.29, 0.717) is 0 Å². The molecule has 0 radical (unpaired) electrons. The molecular weight excluding hydrogens is 194 g/mol. The summed E-state index contributed by atoms with van der Waals surface area (Å²) in [5.74, 6) is -0.463. The van der Waals surface area contributed by atoms with Gasteiger partial charge >= 0.3 is 5.97 Å². The Hall–Kier alpha value is -0.900. The summed E-state index contributed by atoms with van der Waals surface area (Å²) in [6.45, 7) is 2.94. The highest BCUT2D eigenvalue weighted by Gasteiger charge is 2.17. The molecule has 1 rings (SSSR count). The molecule has 0 bridgehead atoms. The quantitative estimate of drug-likeness (QED) is 0.531. The van der Waals surface area contributed by atoms with E-state index in [4.69, 9.17) is 5.11 Å². The van der Waals surface area contributed by atoms with Crippen molar-refractivity contribution in [1.82, 2.24) is 4.90 Å². The molecule has 1 N–H and O–H groups in total. The maximum Gasteiger partial charge on any atom is 0.303 e. The Bertz CT molecular complexity index is 210. The average molecular weight is 213 g/mol. The molecule has 15 heavy (non-hydrogen) atoms. The monoisotopic (exact) mass is 213 g/mol. The van der Waals surface area contributed by atoms with Gasteiger partial charge in [-0.15, -0.1) is 0 Å². The Kier molecular flexibility index (Phi) is 5.32. The number of carbonyl (C=O) groups is 2. The summed E-state index contributed by atoms with van der Waals surface area (Å²) in [6, 6.07) is 0. The third kappa shape index (κ3) is 4.93. The van der Waals surface area contributed by atoms with Crippen LogP contribution < -0.4 is 0 Å². The lowest BCUT2D eigenvalue weighted by molar-refractivity contribution is -0.137. The number of nitrogens with zero attached hydrogens (tertiary/aromatic N) is 1. The first-order chi connectivity index (χ1) is 7.22. The molecule has 0 saturated carbocycles. The highest BCUT2D eigenvalue weighted by atomic mass is 16.4. The summed E-state index contributed by atoms with van der Waals surface area (Å²) in [6.07, 6.45) is 4.94. The Balaban J connectivity index is 2.03. The number of unbranched alkanes of at least 4 members (excludes halogenated alkanes) is 1. The van der Waals surface area contributed by atoms with Crippen molar-refractivity contribution in [3.05, 3.63) is 0 Å². The van der Waals surface area contributed by atoms with Crippen LogP contribution in [0.4, 0.5) is 0 Å². The average Bonchev–Trinajstić information content (AvgIpc) is 2.25. The molecule has 0 spiro atoms. The Morgan fingerprint density at radius 2 is 2.00 bits per heavy atom. The lowest BCUT2D eigenvalue weighted by atomic mass is 9.98. The van der Waals surface area contributed by atoms with Crippen LogP contribution in [-0.2, 0) is 9.59 Å². The Morgan fingerprint density at radius 3 is 2.53 bits per heavy atom.